The molecule has 3 N–H and O–H groups in total. The second-order valence-corrected chi connectivity index (χ2v) is 5.25. The van der Waals surface area contributed by atoms with Crippen LogP contribution >= 0.6 is 0 Å². The maximum atomic E-state index is 11.9. The number of carboxylic acid groups (broad SMARTS) is 1. The van der Waals surface area contributed by atoms with E-state index in [9.17, 15) is 14.7 Å². The van der Waals surface area contributed by atoms with Crippen LogP contribution in [0.25, 0.3) is 0 Å². The molecule has 0 spiro atoms. The first-order valence-corrected chi connectivity index (χ1v) is 6.36. The molecule has 0 aromatic heterocycles. The Hall–Kier alpha value is -1.34. The normalized spacial score (nSPS) is 23.5. The molecule has 7 nitrogen and oxygen atoms in total. The minimum absolute atomic E-state index is 0.0395. The molecule has 0 aromatic rings. The van der Waals surface area contributed by atoms with Crippen molar-refractivity contribution in [2.24, 2.45) is 0 Å². The van der Waals surface area contributed by atoms with Crippen LogP contribution in [0.3, 0.4) is 0 Å². The monoisotopic (exact) mass is 274 g/mol. The van der Waals surface area contributed by atoms with Crippen molar-refractivity contribution in [3.05, 3.63) is 0 Å². The first-order chi connectivity index (χ1) is 8.76. The first-order valence-electron chi connectivity index (χ1n) is 6.36. The van der Waals surface area contributed by atoms with Crippen LogP contribution in [0.4, 0.5) is 4.79 Å². The number of aliphatic hydroxyl groups is 1. The molecule has 19 heavy (non-hydrogen) atoms. The third-order valence-corrected chi connectivity index (χ3v) is 3.03. The highest BCUT2D eigenvalue weighted by molar-refractivity contribution is 5.83. The van der Waals surface area contributed by atoms with E-state index in [1.54, 1.807) is 0 Å². The molecule has 110 valence electrons. The Balaban J connectivity index is 2.55. The fourth-order valence-electron chi connectivity index (χ4n) is 2.10. The second kappa shape index (κ2) is 6.21. The summed E-state index contributed by atoms with van der Waals surface area (Å²) >= 11 is 0. The van der Waals surface area contributed by atoms with Crippen molar-refractivity contribution in [2.75, 3.05) is 19.7 Å². The zero-order valence-electron chi connectivity index (χ0n) is 11.5. The SMILES string of the molecule is CCOC(C)(C)CNC(=O)N1C[C@H](O)C[C@@H]1C(=O)O. The summed E-state index contributed by atoms with van der Waals surface area (Å²) in [4.78, 5) is 24.1. The molecule has 2 atom stereocenters. The quantitative estimate of drug-likeness (QED) is 0.657. The van der Waals surface area contributed by atoms with Crippen LogP contribution in [0.5, 0.6) is 0 Å². The summed E-state index contributed by atoms with van der Waals surface area (Å²) in [7, 11) is 0. The molecule has 0 aliphatic carbocycles. The third kappa shape index (κ3) is 4.36. The van der Waals surface area contributed by atoms with Crippen molar-refractivity contribution in [1.82, 2.24) is 10.2 Å². The molecule has 1 aliphatic heterocycles. The van der Waals surface area contributed by atoms with E-state index in [0.29, 0.717) is 6.61 Å². The summed E-state index contributed by atoms with van der Waals surface area (Å²) in [5.41, 5.74) is -0.512. The van der Waals surface area contributed by atoms with Gasteiger partial charge in [-0.15, -0.1) is 0 Å². The standard InChI is InChI=1S/C12H22N2O5/c1-4-19-12(2,3)7-13-11(18)14-6-8(15)5-9(14)10(16)17/h8-9,15H,4-7H2,1-3H3,(H,13,18)(H,16,17)/t8-,9-/m1/s1. The molecule has 0 aromatic carbocycles. The number of nitrogens with one attached hydrogen (secondary N) is 1. The topological polar surface area (TPSA) is 99.1 Å². The number of urea groups is 1. The van der Waals surface area contributed by atoms with E-state index in [4.69, 9.17) is 9.84 Å². The molecule has 1 aliphatic rings. The van der Waals surface area contributed by atoms with Crippen molar-refractivity contribution >= 4 is 12.0 Å². The van der Waals surface area contributed by atoms with Crippen molar-refractivity contribution in [2.45, 2.75) is 44.9 Å². The lowest BCUT2D eigenvalue weighted by Crippen LogP contribution is -2.50. The summed E-state index contributed by atoms with van der Waals surface area (Å²) in [5.74, 6) is -1.10. The van der Waals surface area contributed by atoms with E-state index >= 15 is 0 Å². The van der Waals surface area contributed by atoms with Gasteiger partial charge in [0.25, 0.3) is 0 Å². The molecular formula is C12H22N2O5. The van der Waals surface area contributed by atoms with E-state index in [1.807, 2.05) is 20.8 Å². The number of hydrogen-bond acceptors (Lipinski definition) is 4. The van der Waals surface area contributed by atoms with Crippen LogP contribution in [0, 0.1) is 0 Å². The highest BCUT2D eigenvalue weighted by atomic mass is 16.5. The lowest BCUT2D eigenvalue weighted by atomic mass is 10.1. The highest BCUT2D eigenvalue weighted by Crippen LogP contribution is 2.18. The second-order valence-electron chi connectivity index (χ2n) is 5.25. The number of likely N-dealkylation sites (tertiary alicyclic amines) is 1. The number of nitrogens with zero attached hydrogens (tertiary/aromatic N) is 1. The van der Waals surface area contributed by atoms with Gasteiger partial charge in [-0.2, -0.15) is 0 Å². The number of ether oxygens (including phenoxy) is 1. The fraction of sp³-hybridized carbons (Fsp3) is 0.833. The number of aliphatic carboxylic acids is 1. The van der Waals surface area contributed by atoms with Crippen LogP contribution in [0.15, 0.2) is 0 Å². The summed E-state index contributed by atoms with van der Waals surface area (Å²) < 4.78 is 5.44. The van der Waals surface area contributed by atoms with E-state index in [-0.39, 0.29) is 19.5 Å². The van der Waals surface area contributed by atoms with Gasteiger partial charge in [-0.1, -0.05) is 0 Å². The van der Waals surface area contributed by atoms with Crippen LogP contribution in [0.2, 0.25) is 0 Å². The summed E-state index contributed by atoms with van der Waals surface area (Å²) in [6.07, 6.45) is -0.718. The van der Waals surface area contributed by atoms with Gasteiger partial charge >= 0.3 is 12.0 Å². The molecule has 0 unspecified atom stereocenters. The van der Waals surface area contributed by atoms with Gasteiger partial charge < -0.3 is 25.2 Å². The maximum Gasteiger partial charge on any atom is 0.326 e. The van der Waals surface area contributed by atoms with Gasteiger partial charge in [0.1, 0.15) is 6.04 Å². The number of carbonyl (C=O) groups is 2. The molecule has 2 amide bonds. The van der Waals surface area contributed by atoms with E-state index in [2.05, 4.69) is 5.32 Å². The Morgan fingerprint density at radius 1 is 1.47 bits per heavy atom. The minimum Gasteiger partial charge on any atom is -0.480 e. The van der Waals surface area contributed by atoms with E-state index in [1.165, 1.54) is 0 Å². The molecule has 7 heteroatoms. The molecular weight excluding hydrogens is 252 g/mol. The van der Waals surface area contributed by atoms with Gasteiger partial charge in [0.2, 0.25) is 0 Å². The molecule has 1 heterocycles. The van der Waals surface area contributed by atoms with Crippen LogP contribution in [-0.2, 0) is 9.53 Å². The lowest BCUT2D eigenvalue weighted by molar-refractivity contribution is -0.141. The molecule has 1 fully saturated rings. The van der Waals surface area contributed by atoms with Gasteiger partial charge in [0.05, 0.1) is 11.7 Å². The summed E-state index contributed by atoms with van der Waals surface area (Å²) in [5, 5.41) is 21.1. The molecule has 1 rings (SSSR count). The Kier molecular flexibility index (Phi) is 5.13. The number of carboxylic acids is 1. The molecule has 0 bridgehead atoms. The summed E-state index contributed by atoms with van der Waals surface area (Å²) in [6, 6.07) is -1.46. The van der Waals surface area contributed by atoms with Crippen LogP contribution in [-0.4, -0.2) is 64.6 Å². The Bertz CT molecular complexity index is 345. The Labute approximate surface area is 112 Å². The lowest BCUT2D eigenvalue weighted by Gasteiger charge is -2.27. The number of amides is 2. The number of rotatable bonds is 5. The summed E-state index contributed by atoms with van der Waals surface area (Å²) in [6.45, 7) is 6.38. The average molecular weight is 274 g/mol. The molecule has 0 saturated carbocycles. The number of hydrogen-bond donors (Lipinski definition) is 3. The Morgan fingerprint density at radius 2 is 2.11 bits per heavy atom. The zero-order valence-corrected chi connectivity index (χ0v) is 11.5. The zero-order chi connectivity index (χ0) is 14.6. The van der Waals surface area contributed by atoms with E-state index < -0.39 is 29.7 Å². The number of β-amino-alcohol motifs (C(OH)–C–C–N with tert-alkyl or cyclic N) is 1. The molecule has 1 saturated heterocycles. The average Bonchev–Trinajstić information content (AvgIpc) is 2.68. The maximum absolute atomic E-state index is 11.9. The molecule has 0 radical (unpaired) electrons. The van der Waals surface area contributed by atoms with Gasteiger partial charge in [-0.25, -0.2) is 9.59 Å². The van der Waals surface area contributed by atoms with Crippen molar-refractivity contribution < 1.29 is 24.5 Å². The number of carbonyl (C=O) groups excluding carboxylic acids is 1. The minimum atomic E-state index is -1.10. The smallest absolute Gasteiger partial charge is 0.326 e. The van der Waals surface area contributed by atoms with Crippen LogP contribution in [0.1, 0.15) is 27.2 Å². The van der Waals surface area contributed by atoms with Gasteiger partial charge in [0, 0.05) is 26.1 Å². The van der Waals surface area contributed by atoms with Crippen LogP contribution < -0.4 is 5.32 Å². The van der Waals surface area contributed by atoms with Crippen molar-refractivity contribution in [1.29, 1.82) is 0 Å². The number of aliphatic hydroxyl groups excluding tert-OH is 1. The van der Waals surface area contributed by atoms with Gasteiger partial charge in [-0.05, 0) is 20.8 Å². The fourth-order valence-corrected chi connectivity index (χ4v) is 2.10. The van der Waals surface area contributed by atoms with Gasteiger partial charge in [0.15, 0.2) is 0 Å². The largest absolute Gasteiger partial charge is 0.480 e. The van der Waals surface area contributed by atoms with Crippen molar-refractivity contribution in [3.63, 3.8) is 0 Å². The van der Waals surface area contributed by atoms with Crippen molar-refractivity contribution in [3.8, 4) is 0 Å². The van der Waals surface area contributed by atoms with E-state index in [0.717, 1.165) is 4.90 Å². The first kappa shape index (κ1) is 15.7. The highest BCUT2D eigenvalue weighted by Gasteiger charge is 2.39. The van der Waals surface area contributed by atoms with Gasteiger partial charge in [-0.3, -0.25) is 0 Å². The predicted octanol–water partition coefficient (Wildman–Crippen LogP) is 0.0309. The Morgan fingerprint density at radius 3 is 2.63 bits per heavy atom. The predicted molar refractivity (Wildman–Crippen MR) is 67.9 cm³/mol. The third-order valence-electron chi connectivity index (χ3n) is 3.03.